The van der Waals surface area contributed by atoms with Crippen molar-refractivity contribution in [2.24, 2.45) is 0 Å². The number of nitriles is 1. The van der Waals surface area contributed by atoms with E-state index in [9.17, 15) is 9.59 Å². The molecule has 3 aromatic rings. The second-order valence-corrected chi connectivity index (χ2v) is 7.94. The van der Waals surface area contributed by atoms with Gasteiger partial charge in [-0.1, -0.05) is 49.9 Å². The molecule has 0 saturated heterocycles. The normalized spacial score (nSPS) is 11.8. The van der Waals surface area contributed by atoms with Crippen molar-refractivity contribution in [2.45, 2.75) is 37.8 Å². The first-order valence-electron chi connectivity index (χ1n) is 9.93. The lowest BCUT2D eigenvalue weighted by atomic mass is 9.98. The van der Waals surface area contributed by atoms with E-state index in [2.05, 4.69) is 24.1 Å². The number of para-hydroxylation sites is 1. The lowest BCUT2D eigenvalue weighted by Crippen LogP contribution is -2.27. The van der Waals surface area contributed by atoms with E-state index in [1.807, 2.05) is 42.5 Å². The molecule has 1 heterocycles. The molecule has 2 aromatic carbocycles. The van der Waals surface area contributed by atoms with E-state index in [0.717, 1.165) is 12.1 Å². The third-order valence-electron chi connectivity index (χ3n) is 4.97. The molecule has 1 atom stereocenters. The van der Waals surface area contributed by atoms with Crippen LogP contribution in [0.3, 0.4) is 0 Å². The van der Waals surface area contributed by atoms with Crippen molar-refractivity contribution in [3.05, 3.63) is 64.4 Å². The molecule has 0 radical (unpaired) electrons. The number of thioether (sulfide) groups is 1. The summed E-state index contributed by atoms with van der Waals surface area (Å²) in [7, 11) is 0. The van der Waals surface area contributed by atoms with Crippen LogP contribution >= 0.6 is 11.8 Å². The number of benzene rings is 2. The lowest BCUT2D eigenvalue weighted by Gasteiger charge is -2.15. The fourth-order valence-electron chi connectivity index (χ4n) is 3.06. The second kappa shape index (κ2) is 10.1. The van der Waals surface area contributed by atoms with E-state index in [4.69, 9.17) is 5.26 Å². The van der Waals surface area contributed by atoms with E-state index in [-0.39, 0.29) is 23.6 Å². The van der Waals surface area contributed by atoms with Gasteiger partial charge in [-0.25, -0.2) is 4.98 Å². The van der Waals surface area contributed by atoms with Crippen LogP contribution in [0, 0.1) is 11.3 Å². The Labute approximate surface area is 179 Å². The summed E-state index contributed by atoms with van der Waals surface area (Å²) in [6.07, 6.45) is 1.30. The van der Waals surface area contributed by atoms with Gasteiger partial charge in [0.2, 0.25) is 5.91 Å². The first kappa shape index (κ1) is 21.6. The number of rotatable bonds is 8. The van der Waals surface area contributed by atoms with Crippen molar-refractivity contribution in [3.8, 4) is 11.8 Å². The van der Waals surface area contributed by atoms with Crippen LogP contribution in [0.2, 0.25) is 0 Å². The number of fused-ring (bicyclic) bond motifs is 1. The maximum absolute atomic E-state index is 13.3. The monoisotopic (exact) mass is 420 g/mol. The summed E-state index contributed by atoms with van der Waals surface area (Å²) >= 11 is 1.21. The van der Waals surface area contributed by atoms with Crippen molar-refractivity contribution >= 4 is 28.6 Å². The molecule has 30 heavy (non-hydrogen) atoms. The Morgan fingerprint density at radius 3 is 2.67 bits per heavy atom. The molecule has 7 heteroatoms. The number of nitrogens with zero attached hydrogens (tertiary/aromatic N) is 3. The summed E-state index contributed by atoms with van der Waals surface area (Å²) in [5.41, 5.74) is 2.37. The number of carbonyl (C=O) groups is 1. The van der Waals surface area contributed by atoms with Gasteiger partial charge >= 0.3 is 0 Å². The molecule has 0 aliphatic rings. The Hall–Kier alpha value is -3.11. The van der Waals surface area contributed by atoms with Gasteiger partial charge in [0.05, 0.1) is 34.8 Å². The maximum atomic E-state index is 13.3. The zero-order valence-electron chi connectivity index (χ0n) is 17.1. The van der Waals surface area contributed by atoms with E-state index >= 15 is 0 Å². The molecular formula is C23H24N4O2S. The summed E-state index contributed by atoms with van der Waals surface area (Å²) in [5, 5.41) is 12.3. The van der Waals surface area contributed by atoms with Crippen LogP contribution in [-0.4, -0.2) is 27.8 Å². The number of nitrogens with one attached hydrogen (secondary N) is 1. The molecule has 0 aliphatic carbocycles. The second-order valence-electron chi connectivity index (χ2n) is 7.00. The third kappa shape index (κ3) is 4.89. The predicted octanol–water partition coefficient (Wildman–Crippen LogP) is 4.02. The zero-order valence-corrected chi connectivity index (χ0v) is 17.9. The molecule has 6 nitrogen and oxygen atoms in total. The van der Waals surface area contributed by atoms with Gasteiger partial charge in [0, 0.05) is 6.54 Å². The van der Waals surface area contributed by atoms with Crippen molar-refractivity contribution in [2.75, 3.05) is 12.3 Å². The highest BCUT2D eigenvalue weighted by Crippen LogP contribution is 2.24. The van der Waals surface area contributed by atoms with Gasteiger partial charge < -0.3 is 5.32 Å². The highest BCUT2D eigenvalue weighted by Gasteiger charge is 2.15. The number of hydrogen-bond acceptors (Lipinski definition) is 5. The molecule has 1 unspecified atom stereocenters. The van der Waals surface area contributed by atoms with Crippen LogP contribution in [0.15, 0.2) is 58.5 Å². The predicted molar refractivity (Wildman–Crippen MR) is 120 cm³/mol. The SMILES string of the molecule is CCC(C)c1ccc(-n2c(SCC(=O)NCCC#N)nc3ccccc3c2=O)cc1. The minimum atomic E-state index is -0.198. The molecule has 1 N–H and O–H groups in total. The number of hydrogen-bond donors (Lipinski definition) is 1. The van der Waals surface area contributed by atoms with Gasteiger partial charge in [0.15, 0.2) is 5.16 Å². The highest BCUT2D eigenvalue weighted by atomic mass is 32.2. The number of aromatic nitrogens is 2. The smallest absolute Gasteiger partial charge is 0.266 e. The lowest BCUT2D eigenvalue weighted by molar-refractivity contribution is -0.118. The molecule has 1 amide bonds. The fraction of sp³-hybridized carbons (Fsp3) is 0.304. The Morgan fingerprint density at radius 1 is 1.23 bits per heavy atom. The number of amides is 1. The topological polar surface area (TPSA) is 87.8 Å². The quantitative estimate of drug-likeness (QED) is 0.338. The van der Waals surface area contributed by atoms with Gasteiger partial charge in [-0.05, 0) is 42.2 Å². The summed E-state index contributed by atoms with van der Waals surface area (Å²) in [5.74, 6) is 0.356. The molecule has 3 rings (SSSR count). The molecule has 0 saturated carbocycles. The van der Waals surface area contributed by atoms with Crippen molar-refractivity contribution < 1.29 is 4.79 Å². The molecule has 0 fully saturated rings. The van der Waals surface area contributed by atoms with Gasteiger partial charge in [0.25, 0.3) is 5.56 Å². The van der Waals surface area contributed by atoms with Crippen LogP contribution in [0.4, 0.5) is 0 Å². The van der Waals surface area contributed by atoms with Gasteiger partial charge in [-0.15, -0.1) is 0 Å². The van der Waals surface area contributed by atoms with Gasteiger partial charge in [-0.3, -0.25) is 14.2 Å². The van der Waals surface area contributed by atoms with E-state index in [0.29, 0.717) is 28.5 Å². The third-order valence-corrected chi connectivity index (χ3v) is 5.91. The van der Waals surface area contributed by atoms with E-state index in [1.165, 1.54) is 17.3 Å². The Bertz CT molecular complexity index is 1130. The minimum absolute atomic E-state index is 0.112. The van der Waals surface area contributed by atoms with Gasteiger partial charge in [-0.2, -0.15) is 5.26 Å². The van der Waals surface area contributed by atoms with Gasteiger partial charge in [0.1, 0.15) is 0 Å². The molecular weight excluding hydrogens is 396 g/mol. The minimum Gasteiger partial charge on any atom is -0.354 e. The molecule has 0 spiro atoms. The first-order valence-corrected chi connectivity index (χ1v) is 10.9. The molecule has 0 bridgehead atoms. The average Bonchev–Trinajstić information content (AvgIpc) is 2.77. The van der Waals surface area contributed by atoms with E-state index < -0.39 is 0 Å². The first-order chi connectivity index (χ1) is 14.5. The summed E-state index contributed by atoms with van der Waals surface area (Å²) in [4.78, 5) is 30.0. The van der Waals surface area contributed by atoms with Crippen LogP contribution in [0.1, 0.15) is 38.2 Å². The zero-order chi connectivity index (χ0) is 21.5. The van der Waals surface area contributed by atoms with Crippen molar-refractivity contribution in [3.63, 3.8) is 0 Å². The van der Waals surface area contributed by atoms with Crippen LogP contribution in [0.5, 0.6) is 0 Å². The molecule has 1 aromatic heterocycles. The van der Waals surface area contributed by atoms with Crippen molar-refractivity contribution in [1.82, 2.24) is 14.9 Å². The largest absolute Gasteiger partial charge is 0.354 e. The Morgan fingerprint density at radius 2 is 1.97 bits per heavy atom. The van der Waals surface area contributed by atoms with Crippen LogP contribution < -0.4 is 10.9 Å². The Kier molecular flexibility index (Phi) is 7.26. The molecule has 0 aliphatic heterocycles. The van der Waals surface area contributed by atoms with Crippen LogP contribution in [0.25, 0.3) is 16.6 Å². The number of carbonyl (C=O) groups excluding carboxylic acids is 1. The highest BCUT2D eigenvalue weighted by molar-refractivity contribution is 7.99. The average molecular weight is 421 g/mol. The Balaban J connectivity index is 1.98. The summed E-state index contributed by atoms with van der Waals surface area (Å²) in [6.45, 7) is 4.63. The van der Waals surface area contributed by atoms with E-state index in [1.54, 1.807) is 16.7 Å². The summed E-state index contributed by atoms with van der Waals surface area (Å²) < 4.78 is 1.57. The molecule has 154 valence electrons. The summed E-state index contributed by atoms with van der Waals surface area (Å²) in [6, 6.07) is 17.1. The maximum Gasteiger partial charge on any atom is 0.266 e. The standard InChI is InChI=1S/C23H24N4O2S/c1-3-16(2)17-9-11-18(12-10-17)27-22(29)19-7-4-5-8-20(19)26-23(27)30-15-21(28)25-14-6-13-24/h4-5,7-12,16H,3,6,14-15H2,1-2H3,(H,25,28). The van der Waals surface area contributed by atoms with Crippen molar-refractivity contribution in [1.29, 1.82) is 5.26 Å². The fourth-order valence-corrected chi connectivity index (χ4v) is 3.91. The van der Waals surface area contributed by atoms with Crippen LogP contribution in [-0.2, 0) is 4.79 Å².